The molecule has 0 aliphatic rings. The van der Waals surface area contributed by atoms with E-state index >= 15 is 0 Å². The van der Waals surface area contributed by atoms with E-state index in [-0.39, 0.29) is 0 Å². The van der Waals surface area contributed by atoms with Crippen LogP contribution >= 0.6 is 0 Å². The molecule has 4 N–H and O–H groups in total. The van der Waals surface area contributed by atoms with Crippen LogP contribution in [0.2, 0.25) is 0 Å². The zero-order valence-corrected chi connectivity index (χ0v) is 8.75. The fraction of sp³-hybridized carbons (Fsp3) is 0.250. The van der Waals surface area contributed by atoms with Gasteiger partial charge < -0.3 is 5.73 Å². The maximum atomic E-state index is 8.74. The molecule has 0 unspecified atom stereocenters. The first-order valence-corrected chi connectivity index (χ1v) is 5.12. The summed E-state index contributed by atoms with van der Waals surface area (Å²) in [5, 5.41) is 0. The lowest BCUT2D eigenvalue weighted by Crippen LogP contribution is -1.89. The third kappa shape index (κ3) is 7.53. The van der Waals surface area contributed by atoms with Gasteiger partial charge in [-0.1, -0.05) is 17.7 Å². The Labute approximate surface area is 83.1 Å². The summed E-state index contributed by atoms with van der Waals surface area (Å²) in [6.07, 6.45) is 0. The standard InChI is InChI=1S/C8H11N.H2O4S/c1-6-3-4-8(9)7(2)5-6;1-5(2,3)4/h3-5H,9H2,1-2H3;(H2,1,2,3,4). The van der Waals surface area contributed by atoms with Crippen LogP contribution < -0.4 is 5.73 Å². The summed E-state index contributed by atoms with van der Waals surface area (Å²) in [5.74, 6) is 0. The maximum Gasteiger partial charge on any atom is 0.394 e. The lowest BCUT2D eigenvalue weighted by atomic mass is 10.1. The van der Waals surface area contributed by atoms with E-state index in [1.807, 2.05) is 19.1 Å². The molecule has 0 saturated carbocycles. The van der Waals surface area contributed by atoms with Crippen molar-refractivity contribution in [2.45, 2.75) is 13.8 Å². The van der Waals surface area contributed by atoms with E-state index in [0.29, 0.717) is 0 Å². The van der Waals surface area contributed by atoms with Crippen LogP contribution in [0, 0.1) is 13.8 Å². The topological polar surface area (TPSA) is 101 Å². The molecule has 1 aromatic carbocycles. The van der Waals surface area contributed by atoms with Crippen LogP contribution in [-0.2, 0) is 10.4 Å². The highest BCUT2D eigenvalue weighted by Crippen LogP contribution is 2.10. The van der Waals surface area contributed by atoms with Crippen molar-refractivity contribution in [3.8, 4) is 0 Å². The van der Waals surface area contributed by atoms with Crippen molar-refractivity contribution in [2.75, 3.05) is 5.73 Å². The summed E-state index contributed by atoms with van der Waals surface area (Å²) in [4.78, 5) is 0. The van der Waals surface area contributed by atoms with Gasteiger partial charge in [-0.2, -0.15) is 8.42 Å². The zero-order chi connectivity index (χ0) is 11.4. The average Bonchev–Trinajstić information content (AvgIpc) is 1.94. The van der Waals surface area contributed by atoms with E-state index in [2.05, 4.69) is 13.0 Å². The summed E-state index contributed by atoms with van der Waals surface area (Å²) in [6.45, 7) is 4.08. The van der Waals surface area contributed by atoms with Crippen LogP contribution in [0.25, 0.3) is 0 Å². The molecule has 0 saturated heterocycles. The second-order valence-corrected chi connectivity index (χ2v) is 3.70. The third-order valence-electron chi connectivity index (χ3n) is 1.43. The quantitative estimate of drug-likeness (QED) is 0.450. The predicted octanol–water partition coefficient (Wildman–Crippen LogP) is 1.23. The number of hydrogen-bond donors (Lipinski definition) is 3. The second-order valence-electron chi connectivity index (χ2n) is 2.81. The molecule has 5 nitrogen and oxygen atoms in total. The van der Waals surface area contributed by atoms with Gasteiger partial charge in [0.1, 0.15) is 0 Å². The fourth-order valence-corrected chi connectivity index (χ4v) is 0.826. The third-order valence-corrected chi connectivity index (χ3v) is 1.43. The van der Waals surface area contributed by atoms with E-state index in [4.69, 9.17) is 23.3 Å². The lowest BCUT2D eigenvalue weighted by Gasteiger charge is -1.98. The Morgan fingerprint density at radius 2 is 1.64 bits per heavy atom. The highest BCUT2D eigenvalue weighted by molar-refractivity contribution is 7.79. The first-order chi connectivity index (χ1) is 6.20. The van der Waals surface area contributed by atoms with Crippen LogP contribution in [0.1, 0.15) is 11.1 Å². The molecule has 0 radical (unpaired) electrons. The Hall–Kier alpha value is -1.11. The van der Waals surface area contributed by atoms with Gasteiger partial charge in [-0.15, -0.1) is 0 Å². The number of benzene rings is 1. The minimum atomic E-state index is -4.67. The molecule has 0 atom stereocenters. The van der Waals surface area contributed by atoms with Gasteiger partial charge in [-0.05, 0) is 25.5 Å². The highest BCUT2D eigenvalue weighted by Gasteiger charge is 1.89. The van der Waals surface area contributed by atoms with Gasteiger partial charge in [0.2, 0.25) is 0 Å². The smallest absolute Gasteiger partial charge is 0.394 e. The molecule has 80 valence electrons. The summed E-state index contributed by atoms with van der Waals surface area (Å²) >= 11 is 0. The van der Waals surface area contributed by atoms with Crippen LogP contribution in [0.15, 0.2) is 18.2 Å². The lowest BCUT2D eigenvalue weighted by molar-refractivity contribution is 0.381. The first kappa shape index (κ1) is 12.9. The highest BCUT2D eigenvalue weighted by atomic mass is 32.3. The Balaban J connectivity index is 0.000000292. The molecule has 1 rings (SSSR count). The van der Waals surface area contributed by atoms with Gasteiger partial charge in [-0.3, -0.25) is 9.11 Å². The normalized spacial score (nSPS) is 10.3. The summed E-state index contributed by atoms with van der Waals surface area (Å²) < 4.78 is 31.6. The Bertz CT molecular complexity index is 392. The summed E-state index contributed by atoms with van der Waals surface area (Å²) in [5.41, 5.74) is 8.89. The number of nitrogen functional groups attached to an aromatic ring is 1. The molecule has 0 aliphatic carbocycles. The number of nitrogens with two attached hydrogens (primary N) is 1. The Morgan fingerprint density at radius 3 is 1.93 bits per heavy atom. The molecule has 14 heavy (non-hydrogen) atoms. The monoisotopic (exact) mass is 219 g/mol. The van der Waals surface area contributed by atoms with Crippen molar-refractivity contribution in [3.05, 3.63) is 29.3 Å². The molecule has 6 heteroatoms. The molecule has 0 fully saturated rings. The molecule has 0 amide bonds. The van der Waals surface area contributed by atoms with E-state index in [0.717, 1.165) is 11.3 Å². The van der Waals surface area contributed by atoms with Gasteiger partial charge in [0.25, 0.3) is 0 Å². The molecule has 0 bridgehead atoms. The van der Waals surface area contributed by atoms with Crippen molar-refractivity contribution in [2.24, 2.45) is 0 Å². The summed E-state index contributed by atoms with van der Waals surface area (Å²) in [6, 6.07) is 6.03. The zero-order valence-electron chi connectivity index (χ0n) is 7.93. The summed E-state index contributed by atoms with van der Waals surface area (Å²) in [7, 11) is -4.67. The Morgan fingerprint density at radius 1 is 1.21 bits per heavy atom. The molecular weight excluding hydrogens is 206 g/mol. The van der Waals surface area contributed by atoms with Gasteiger partial charge in [-0.25, -0.2) is 0 Å². The maximum absolute atomic E-state index is 8.74. The van der Waals surface area contributed by atoms with Crippen LogP contribution in [0.5, 0.6) is 0 Å². The van der Waals surface area contributed by atoms with Crippen molar-refractivity contribution >= 4 is 16.1 Å². The second kappa shape index (κ2) is 4.94. The van der Waals surface area contributed by atoms with Crippen molar-refractivity contribution in [1.29, 1.82) is 0 Å². The van der Waals surface area contributed by atoms with Gasteiger partial charge >= 0.3 is 10.4 Å². The average molecular weight is 219 g/mol. The van der Waals surface area contributed by atoms with Crippen molar-refractivity contribution in [3.63, 3.8) is 0 Å². The Kier molecular flexibility index (Phi) is 4.55. The molecule has 0 spiro atoms. The molecule has 0 aliphatic heterocycles. The molecule has 0 heterocycles. The fourth-order valence-electron chi connectivity index (χ4n) is 0.826. The van der Waals surface area contributed by atoms with Crippen LogP contribution in [-0.4, -0.2) is 17.5 Å². The molecule has 0 aromatic heterocycles. The SMILES string of the molecule is Cc1ccc(N)c(C)c1.O=S(=O)(O)O. The van der Waals surface area contributed by atoms with Crippen molar-refractivity contribution < 1.29 is 17.5 Å². The minimum absolute atomic E-state index is 0.876. The van der Waals surface area contributed by atoms with E-state index in [1.165, 1.54) is 5.56 Å². The van der Waals surface area contributed by atoms with Crippen LogP contribution in [0.4, 0.5) is 5.69 Å². The number of anilines is 1. The van der Waals surface area contributed by atoms with E-state index < -0.39 is 10.4 Å². The van der Waals surface area contributed by atoms with Crippen LogP contribution in [0.3, 0.4) is 0 Å². The number of rotatable bonds is 0. The van der Waals surface area contributed by atoms with E-state index in [9.17, 15) is 0 Å². The van der Waals surface area contributed by atoms with Crippen molar-refractivity contribution in [1.82, 2.24) is 0 Å². The molecule has 1 aromatic rings. The van der Waals surface area contributed by atoms with Gasteiger partial charge in [0.15, 0.2) is 0 Å². The van der Waals surface area contributed by atoms with Gasteiger partial charge in [0, 0.05) is 5.69 Å². The minimum Gasteiger partial charge on any atom is -0.399 e. The largest absolute Gasteiger partial charge is 0.399 e. The molecular formula is C8H13NO4S. The first-order valence-electron chi connectivity index (χ1n) is 3.73. The van der Waals surface area contributed by atoms with E-state index in [1.54, 1.807) is 0 Å². The number of hydrogen-bond acceptors (Lipinski definition) is 3. The predicted molar refractivity (Wildman–Crippen MR) is 54.5 cm³/mol. The van der Waals surface area contributed by atoms with Gasteiger partial charge in [0.05, 0.1) is 0 Å². The number of aryl methyl sites for hydroxylation is 2.